The molecule has 1 spiro atoms. The molecule has 0 radical (unpaired) electrons. The summed E-state index contributed by atoms with van der Waals surface area (Å²) in [4.78, 5) is 32.2. The largest absolute Gasteiger partial charge is 0.347 e. The number of fused-ring (bicyclic) bond motifs is 1. The van der Waals surface area contributed by atoms with Gasteiger partial charge in [0, 0.05) is 49.7 Å². The Labute approximate surface area is 163 Å². The van der Waals surface area contributed by atoms with Gasteiger partial charge in [0.25, 0.3) is 5.56 Å². The van der Waals surface area contributed by atoms with Crippen molar-refractivity contribution < 1.29 is 14.3 Å². The molecule has 0 N–H and O–H groups in total. The Morgan fingerprint density at radius 3 is 2.56 bits per heavy atom. The van der Waals surface area contributed by atoms with Gasteiger partial charge in [-0.25, -0.2) is 4.98 Å². The first-order valence-electron chi connectivity index (χ1n) is 9.59. The summed E-state index contributed by atoms with van der Waals surface area (Å²) >= 11 is 1.51. The molecule has 3 aliphatic heterocycles. The zero-order valence-electron chi connectivity index (χ0n) is 16.2. The fourth-order valence-electron chi connectivity index (χ4n) is 3.86. The molecule has 148 valence electrons. The lowest BCUT2D eigenvalue weighted by atomic mass is 9.92. The fraction of sp³-hybridized carbons (Fsp3) is 0.737. The molecule has 0 saturated carbocycles. The van der Waals surface area contributed by atoms with Crippen molar-refractivity contribution in [2.24, 2.45) is 5.92 Å². The van der Waals surface area contributed by atoms with Gasteiger partial charge in [0.1, 0.15) is 0 Å². The van der Waals surface area contributed by atoms with Gasteiger partial charge >= 0.3 is 0 Å². The Kier molecular flexibility index (Phi) is 4.84. The van der Waals surface area contributed by atoms with Crippen molar-refractivity contribution in [3.05, 3.63) is 22.1 Å². The molecule has 3 aliphatic rings. The van der Waals surface area contributed by atoms with Crippen LogP contribution in [-0.2, 0) is 26.2 Å². The van der Waals surface area contributed by atoms with Crippen LogP contribution in [0.4, 0.5) is 0 Å². The molecule has 27 heavy (non-hydrogen) atoms. The molecule has 7 nitrogen and oxygen atoms in total. The van der Waals surface area contributed by atoms with E-state index in [1.54, 1.807) is 10.6 Å². The molecule has 0 aromatic carbocycles. The number of likely N-dealkylation sites (tertiary alicyclic amines) is 1. The summed E-state index contributed by atoms with van der Waals surface area (Å²) in [7, 11) is 0. The second kappa shape index (κ2) is 6.90. The zero-order valence-corrected chi connectivity index (χ0v) is 17.0. The summed E-state index contributed by atoms with van der Waals surface area (Å²) in [6.07, 6.45) is 1.43. The predicted octanol–water partition coefficient (Wildman–Crippen LogP) is 1.63. The Balaban J connectivity index is 1.45. The first-order valence-corrected chi connectivity index (χ1v) is 10.6. The van der Waals surface area contributed by atoms with Crippen LogP contribution in [-0.4, -0.2) is 58.2 Å². The summed E-state index contributed by atoms with van der Waals surface area (Å²) < 4.78 is 13.1. The Morgan fingerprint density at radius 1 is 1.26 bits per heavy atom. The normalized spacial score (nSPS) is 24.9. The van der Waals surface area contributed by atoms with Crippen molar-refractivity contribution in [3.63, 3.8) is 0 Å². The summed E-state index contributed by atoms with van der Waals surface area (Å²) in [6, 6.07) is 1.61. The van der Waals surface area contributed by atoms with E-state index in [1.807, 2.05) is 25.7 Å². The van der Waals surface area contributed by atoms with E-state index in [0.717, 1.165) is 10.9 Å². The van der Waals surface area contributed by atoms with Crippen LogP contribution >= 0.6 is 11.8 Å². The first-order chi connectivity index (χ1) is 12.8. The second-order valence-electron chi connectivity index (χ2n) is 8.56. The van der Waals surface area contributed by atoms with Gasteiger partial charge in [0.15, 0.2) is 10.9 Å². The number of carbonyl (C=O) groups is 1. The fourth-order valence-corrected chi connectivity index (χ4v) is 4.94. The molecular formula is C19H27N3O4S. The zero-order chi connectivity index (χ0) is 19.2. The average Bonchev–Trinajstić information content (AvgIpc) is 3.09. The maximum Gasteiger partial charge on any atom is 0.254 e. The summed E-state index contributed by atoms with van der Waals surface area (Å²) in [5.41, 5.74) is 0.560. The van der Waals surface area contributed by atoms with E-state index in [2.05, 4.69) is 4.98 Å². The maximum atomic E-state index is 13.0. The lowest BCUT2D eigenvalue weighted by Crippen LogP contribution is -2.50. The third kappa shape index (κ3) is 3.67. The molecule has 4 rings (SSSR count). The Hall–Kier alpha value is -1.38. The van der Waals surface area contributed by atoms with Crippen LogP contribution in [0.2, 0.25) is 0 Å². The number of aromatic nitrogens is 2. The van der Waals surface area contributed by atoms with Crippen molar-refractivity contribution >= 4 is 17.7 Å². The minimum Gasteiger partial charge on any atom is -0.347 e. The standard InChI is InChI=1S/C19H27N3O4S/c1-18(2,3)14-10-15(23)22-11-13(12-27-17(22)20-14)16(24)21-6-4-19(5-7-21)25-8-9-26-19/h10,13H,4-9,11-12H2,1-3H3/t13-/m1/s1. The lowest BCUT2D eigenvalue weighted by molar-refractivity contribution is -0.188. The number of thioether (sulfide) groups is 1. The smallest absolute Gasteiger partial charge is 0.254 e. The molecule has 1 aromatic rings. The van der Waals surface area contributed by atoms with E-state index in [0.29, 0.717) is 51.4 Å². The molecule has 2 fully saturated rings. The van der Waals surface area contributed by atoms with E-state index in [1.165, 1.54) is 11.8 Å². The Morgan fingerprint density at radius 2 is 1.93 bits per heavy atom. The van der Waals surface area contributed by atoms with Gasteiger partial charge in [-0.1, -0.05) is 32.5 Å². The quantitative estimate of drug-likeness (QED) is 0.675. The molecule has 8 heteroatoms. The summed E-state index contributed by atoms with van der Waals surface area (Å²) in [6.45, 7) is 9.11. The topological polar surface area (TPSA) is 73.7 Å². The maximum absolute atomic E-state index is 13.0. The number of carbonyl (C=O) groups excluding carboxylic acids is 1. The minimum atomic E-state index is -0.477. The van der Waals surface area contributed by atoms with Crippen molar-refractivity contribution in [1.29, 1.82) is 0 Å². The van der Waals surface area contributed by atoms with Crippen LogP contribution < -0.4 is 5.56 Å². The second-order valence-corrected chi connectivity index (χ2v) is 9.55. The van der Waals surface area contributed by atoms with Crippen molar-refractivity contribution in [2.45, 2.75) is 56.5 Å². The number of nitrogens with zero attached hydrogens (tertiary/aromatic N) is 3. The van der Waals surface area contributed by atoms with E-state index < -0.39 is 5.79 Å². The molecule has 4 heterocycles. The highest BCUT2D eigenvalue weighted by molar-refractivity contribution is 7.99. The van der Waals surface area contributed by atoms with Crippen LogP contribution in [0, 0.1) is 5.92 Å². The molecule has 1 atom stereocenters. The van der Waals surface area contributed by atoms with Crippen LogP contribution in [0.5, 0.6) is 0 Å². The van der Waals surface area contributed by atoms with Gasteiger partial charge in [0.05, 0.1) is 24.8 Å². The van der Waals surface area contributed by atoms with Crippen molar-refractivity contribution in [3.8, 4) is 0 Å². The molecule has 0 aliphatic carbocycles. The number of ether oxygens (including phenoxy) is 2. The van der Waals surface area contributed by atoms with Gasteiger partial charge in [-0.2, -0.15) is 0 Å². The average molecular weight is 394 g/mol. The minimum absolute atomic E-state index is 0.0692. The SMILES string of the molecule is CC(C)(C)c1cc(=O)n2c(n1)SC[C@H](C(=O)N1CCC3(CC1)OCCO3)C2. The number of hydrogen-bond acceptors (Lipinski definition) is 6. The Bertz CT molecular complexity index is 785. The summed E-state index contributed by atoms with van der Waals surface area (Å²) in [5, 5.41) is 0.724. The highest BCUT2D eigenvalue weighted by atomic mass is 32.2. The predicted molar refractivity (Wildman–Crippen MR) is 102 cm³/mol. The van der Waals surface area contributed by atoms with Crippen LogP contribution in [0.3, 0.4) is 0 Å². The van der Waals surface area contributed by atoms with Crippen molar-refractivity contribution in [1.82, 2.24) is 14.5 Å². The number of hydrogen-bond donors (Lipinski definition) is 0. The molecule has 0 unspecified atom stereocenters. The van der Waals surface area contributed by atoms with Gasteiger partial charge in [0.2, 0.25) is 5.91 Å². The van der Waals surface area contributed by atoms with E-state index in [9.17, 15) is 9.59 Å². The van der Waals surface area contributed by atoms with E-state index >= 15 is 0 Å². The van der Waals surface area contributed by atoms with Crippen molar-refractivity contribution in [2.75, 3.05) is 32.1 Å². The lowest BCUT2D eigenvalue weighted by Gasteiger charge is -2.39. The molecule has 0 bridgehead atoms. The number of rotatable bonds is 1. The van der Waals surface area contributed by atoms with Gasteiger partial charge < -0.3 is 14.4 Å². The molecule has 2 saturated heterocycles. The third-order valence-corrected chi connectivity index (χ3v) is 6.70. The van der Waals surface area contributed by atoms with E-state index in [-0.39, 0.29) is 22.8 Å². The first kappa shape index (κ1) is 19.0. The van der Waals surface area contributed by atoms with Gasteiger partial charge in [-0.3, -0.25) is 14.2 Å². The van der Waals surface area contributed by atoms with Gasteiger partial charge in [-0.15, -0.1) is 0 Å². The van der Waals surface area contributed by atoms with Crippen LogP contribution in [0.1, 0.15) is 39.3 Å². The molecule has 1 aromatic heterocycles. The third-order valence-electron chi connectivity index (χ3n) is 5.56. The highest BCUT2D eigenvalue weighted by Crippen LogP contribution is 2.33. The van der Waals surface area contributed by atoms with Gasteiger partial charge in [-0.05, 0) is 0 Å². The summed E-state index contributed by atoms with van der Waals surface area (Å²) in [5.74, 6) is 0.109. The monoisotopic (exact) mass is 393 g/mol. The van der Waals surface area contributed by atoms with Crippen LogP contribution in [0.25, 0.3) is 0 Å². The highest BCUT2D eigenvalue weighted by Gasteiger charge is 2.42. The molecule has 1 amide bonds. The number of piperidine rings is 1. The number of amides is 1. The van der Waals surface area contributed by atoms with Crippen LogP contribution in [0.15, 0.2) is 16.0 Å². The van der Waals surface area contributed by atoms with E-state index in [4.69, 9.17) is 9.47 Å². The molecular weight excluding hydrogens is 366 g/mol.